The number of fused-ring (bicyclic) bond motifs is 1. The highest BCUT2D eigenvalue weighted by molar-refractivity contribution is 6.06. The standard InChI is InChI=1S/C26H27N5O3/c1-17-6-5-8-24(31(17)34)25(32)28-23-14-18-16-30(19-9-11-26(2,33)12-10-19)29-22(18)15-20(23)21-7-3-4-13-27-21/h3-8,13-16,19,33H,9-12H2,1-2H3,(H,28,32). The maximum Gasteiger partial charge on any atom is 0.321 e. The third kappa shape index (κ3) is 4.24. The van der Waals surface area contributed by atoms with E-state index in [4.69, 9.17) is 5.10 Å². The van der Waals surface area contributed by atoms with Crippen LogP contribution in [0.4, 0.5) is 5.69 Å². The number of anilines is 1. The predicted molar refractivity (Wildman–Crippen MR) is 129 cm³/mol. The van der Waals surface area contributed by atoms with Gasteiger partial charge in [-0.3, -0.25) is 14.5 Å². The summed E-state index contributed by atoms with van der Waals surface area (Å²) in [6, 6.07) is 14.5. The Morgan fingerprint density at radius 1 is 1.21 bits per heavy atom. The molecule has 0 bridgehead atoms. The normalized spacial score (nSPS) is 20.4. The Bertz CT molecular complexity index is 1350. The first-order valence-corrected chi connectivity index (χ1v) is 11.5. The Hall–Kier alpha value is -3.78. The first kappa shape index (κ1) is 22.0. The molecule has 1 aliphatic carbocycles. The summed E-state index contributed by atoms with van der Waals surface area (Å²) < 4.78 is 2.60. The molecule has 0 radical (unpaired) electrons. The van der Waals surface area contributed by atoms with E-state index in [-0.39, 0.29) is 11.7 Å². The molecule has 34 heavy (non-hydrogen) atoms. The summed E-state index contributed by atoms with van der Waals surface area (Å²) in [6.07, 6.45) is 6.87. The highest BCUT2D eigenvalue weighted by atomic mass is 16.5. The van der Waals surface area contributed by atoms with Crippen LogP contribution in [0.1, 0.15) is 54.8 Å². The van der Waals surface area contributed by atoms with Crippen LogP contribution in [0.25, 0.3) is 22.2 Å². The number of aryl methyl sites for hydroxylation is 1. The number of aromatic nitrogens is 4. The van der Waals surface area contributed by atoms with Crippen LogP contribution in [0.3, 0.4) is 0 Å². The maximum atomic E-state index is 13.0. The molecule has 1 amide bonds. The van der Waals surface area contributed by atoms with Gasteiger partial charge in [-0.25, -0.2) is 0 Å². The molecular formula is C26H27N5O3. The zero-order valence-electron chi connectivity index (χ0n) is 19.2. The van der Waals surface area contributed by atoms with Gasteiger partial charge in [-0.2, -0.15) is 9.83 Å². The topological polar surface area (TPSA) is 107 Å². The third-order valence-electron chi connectivity index (χ3n) is 6.62. The summed E-state index contributed by atoms with van der Waals surface area (Å²) in [5.74, 6) is -0.489. The number of amides is 1. The molecule has 1 aromatic carbocycles. The van der Waals surface area contributed by atoms with Gasteiger partial charge in [0.2, 0.25) is 0 Å². The van der Waals surface area contributed by atoms with E-state index in [0.29, 0.717) is 21.8 Å². The average Bonchev–Trinajstić information content (AvgIpc) is 3.23. The Labute approximate surface area is 197 Å². The molecule has 174 valence electrons. The molecule has 0 saturated heterocycles. The number of carbonyl (C=O) groups is 1. The molecule has 0 spiro atoms. The van der Waals surface area contributed by atoms with E-state index in [1.54, 1.807) is 25.3 Å². The van der Waals surface area contributed by atoms with Crippen LogP contribution in [0.5, 0.6) is 0 Å². The monoisotopic (exact) mass is 457 g/mol. The predicted octanol–water partition coefficient (Wildman–Crippen LogP) is 4.16. The molecule has 0 aliphatic heterocycles. The Morgan fingerprint density at radius 2 is 2.00 bits per heavy atom. The van der Waals surface area contributed by atoms with Crippen LogP contribution in [-0.2, 0) is 0 Å². The van der Waals surface area contributed by atoms with Crippen LogP contribution < -0.4 is 10.0 Å². The molecule has 8 heteroatoms. The smallest absolute Gasteiger partial charge is 0.321 e. The lowest BCUT2D eigenvalue weighted by Crippen LogP contribution is -2.39. The van der Waals surface area contributed by atoms with Crippen molar-refractivity contribution in [2.75, 3.05) is 5.32 Å². The van der Waals surface area contributed by atoms with Crippen molar-refractivity contribution in [3.05, 3.63) is 77.5 Å². The second kappa shape index (κ2) is 8.53. The van der Waals surface area contributed by atoms with Crippen LogP contribution in [-0.4, -0.2) is 31.4 Å². The van der Waals surface area contributed by atoms with E-state index in [1.165, 1.54) is 6.07 Å². The fourth-order valence-corrected chi connectivity index (χ4v) is 4.56. The van der Waals surface area contributed by atoms with Gasteiger partial charge in [-0.15, -0.1) is 0 Å². The minimum atomic E-state index is -0.610. The van der Waals surface area contributed by atoms with Gasteiger partial charge in [0.1, 0.15) is 0 Å². The minimum Gasteiger partial charge on any atom is -0.618 e. The molecule has 5 rings (SSSR count). The lowest BCUT2D eigenvalue weighted by molar-refractivity contribution is -0.614. The summed E-state index contributed by atoms with van der Waals surface area (Å²) in [7, 11) is 0. The second-order valence-corrected chi connectivity index (χ2v) is 9.31. The molecule has 1 fully saturated rings. The largest absolute Gasteiger partial charge is 0.618 e. The maximum absolute atomic E-state index is 13.0. The molecule has 3 aromatic heterocycles. The first-order chi connectivity index (χ1) is 16.3. The minimum absolute atomic E-state index is 0.0250. The third-order valence-corrected chi connectivity index (χ3v) is 6.62. The van der Waals surface area contributed by atoms with Crippen LogP contribution in [0, 0.1) is 12.1 Å². The van der Waals surface area contributed by atoms with Crippen molar-refractivity contribution in [1.29, 1.82) is 0 Å². The number of carbonyl (C=O) groups excluding carboxylic acids is 1. The van der Waals surface area contributed by atoms with E-state index in [0.717, 1.165) is 42.1 Å². The Morgan fingerprint density at radius 3 is 2.74 bits per heavy atom. The van der Waals surface area contributed by atoms with E-state index in [9.17, 15) is 15.1 Å². The second-order valence-electron chi connectivity index (χ2n) is 9.31. The lowest BCUT2D eigenvalue weighted by Gasteiger charge is -2.33. The van der Waals surface area contributed by atoms with Gasteiger partial charge in [0.25, 0.3) is 5.69 Å². The number of hydrogen-bond acceptors (Lipinski definition) is 5. The summed E-state index contributed by atoms with van der Waals surface area (Å²) in [6.45, 7) is 3.55. The van der Waals surface area contributed by atoms with Crippen LogP contribution in [0.2, 0.25) is 0 Å². The van der Waals surface area contributed by atoms with Crippen LogP contribution in [0.15, 0.2) is 60.9 Å². The molecule has 0 unspecified atom stereocenters. The van der Waals surface area contributed by atoms with Crippen molar-refractivity contribution >= 4 is 22.5 Å². The Kier molecular flexibility index (Phi) is 5.53. The van der Waals surface area contributed by atoms with Gasteiger partial charge in [-0.1, -0.05) is 6.07 Å². The van der Waals surface area contributed by atoms with Crippen molar-refractivity contribution in [3.8, 4) is 11.3 Å². The number of nitrogens with zero attached hydrogens (tertiary/aromatic N) is 4. The fourth-order valence-electron chi connectivity index (χ4n) is 4.56. The SMILES string of the molecule is Cc1cccc(C(=O)Nc2cc3cn(C4CCC(C)(O)CC4)nc3cc2-c2ccccn2)[n+]1[O-]. The highest BCUT2D eigenvalue weighted by Crippen LogP contribution is 2.36. The highest BCUT2D eigenvalue weighted by Gasteiger charge is 2.30. The summed E-state index contributed by atoms with van der Waals surface area (Å²) >= 11 is 0. The summed E-state index contributed by atoms with van der Waals surface area (Å²) in [4.78, 5) is 17.5. The molecule has 0 atom stereocenters. The molecule has 4 aromatic rings. The zero-order valence-corrected chi connectivity index (χ0v) is 19.2. The fraction of sp³-hybridized carbons (Fsp3) is 0.308. The van der Waals surface area contributed by atoms with Crippen molar-refractivity contribution in [1.82, 2.24) is 14.8 Å². The molecular weight excluding hydrogens is 430 g/mol. The number of pyridine rings is 2. The summed E-state index contributed by atoms with van der Waals surface area (Å²) in [5.41, 5.74) is 2.64. The van der Waals surface area contributed by atoms with Crippen molar-refractivity contribution in [2.24, 2.45) is 0 Å². The van der Waals surface area contributed by atoms with E-state index in [2.05, 4.69) is 10.3 Å². The number of aliphatic hydroxyl groups is 1. The van der Waals surface area contributed by atoms with Crippen molar-refractivity contribution in [3.63, 3.8) is 0 Å². The van der Waals surface area contributed by atoms with E-state index in [1.807, 2.05) is 48.1 Å². The van der Waals surface area contributed by atoms with Crippen molar-refractivity contribution in [2.45, 2.75) is 51.2 Å². The number of benzene rings is 1. The summed E-state index contributed by atoms with van der Waals surface area (Å²) in [5, 5.41) is 31.3. The number of rotatable bonds is 4. The first-order valence-electron chi connectivity index (χ1n) is 11.5. The quantitative estimate of drug-likeness (QED) is 0.353. The van der Waals surface area contributed by atoms with E-state index >= 15 is 0 Å². The molecule has 2 N–H and O–H groups in total. The molecule has 1 aliphatic rings. The van der Waals surface area contributed by atoms with Crippen molar-refractivity contribution < 1.29 is 14.6 Å². The zero-order chi connectivity index (χ0) is 23.9. The Balaban J connectivity index is 1.54. The van der Waals surface area contributed by atoms with Crippen LogP contribution >= 0.6 is 0 Å². The van der Waals surface area contributed by atoms with Gasteiger partial charge in [-0.05, 0) is 62.9 Å². The molecule has 8 nitrogen and oxygen atoms in total. The molecule has 3 heterocycles. The number of nitrogens with one attached hydrogen (secondary N) is 1. The van der Waals surface area contributed by atoms with Gasteiger partial charge in [0.15, 0.2) is 5.69 Å². The van der Waals surface area contributed by atoms with Gasteiger partial charge in [0.05, 0.1) is 28.5 Å². The van der Waals surface area contributed by atoms with Gasteiger partial charge >= 0.3 is 5.91 Å². The number of hydrogen-bond donors (Lipinski definition) is 2. The molecule has 1 saturated carbocycles. The lowest BCUT2D eigenvalue weighted by atomic mass is 9.84. The van der Waals surface area contributed by atoms with Gasteiger partial charge in [0, 0.05) is 42.4 Å². The van der Waals surface area contributed by atoms with E-state index < -0.39 is 11.5 Å². The average molecular weight is 458 g/mol. The van der Waals surface area contributed by atoms with Gasteiger partial charge < -0.3 is 15.6 Å².